The van der Waals surface area contributed by atoms with E-state index < -0.39 is 0 Å². The van der Waals surface area contributed by atoms with Gasteiger partial charge >= 0.3 is 0 Å². The normalized spacial score (nSPS) is 10.1. The minimum absolute atomic E-state index is 0.510. The highest BCUT2D eigenvalue weighted by molar-refractivity contribution is 5.63. The van der Waals surface area contributed by atoms with Crippen LogP contribution in [0.5, 0.6) is 0 Å². The fourth-order valence-corrected chi connectivity index (χ4v) is 2.10. The molecule has 2 aromatic rings. The number of benzene rings is 2. The molecule has 2 heteroatoms. The highest BCUT2D eigenvalue weighted by Crippen LogP contribution is 2.20. The van der Waals surface area contributed by atoms with E-state index >= 15 is 0 Å². The molecule has 0 N–H and O–H groups in total. The van der Waals surface area contributed by atoms with Crippen LogP contribution in [-0.2, 0) is 16.0 Å². The second-order valence-electron chi connectivity index (χ2n) is 4.49. The molecule has 98 valence electrons. The van der Waals surface area contributed by atoms with Crippen molar-refractivity contribution >= 4 is 6.47 Å². The van der Waals surface area contributed by atoms with Gasteiger partial charge in [-0.3, -0.25) is 4.79 Å². The van der Waals surface area contributed by atoms with Crippen LogP contribution in [-0.4, -0.2) is 13.1 Å². The maximum Gasteiger partial charge on any atom is 0.293 e. The fraction of sp³-hybridized carbons (Fsp3) is 0.235. The average molecular weight is 254 g/mol. The first-order chi connectivity index (χ1) is 9.40. The smallest absolute Gasteiger partial charge is 0.293 e. The van der Waals surface area contributed by atoms with Crippen molar-refractivity contribution in [1.82, 2.24) is 0 Å². The molecular formula is C17H18O2. The van der Waals surface area contributed by atoms with Crippen molar-refractivity contribution in [2.24, 2.45) is 0 Å². The molecule has 0 radical (unpaired) electrons. The van der Waals surface area contributed by atoms with Gasteiger partial charge in [0.1, 0.15) is 0 Å². The van der Waals surface area contributed by atoms with Crippen molar-refractivity contribution in [2.45, 2.75) is 19.3 Å². The third-order valence-electron chi connectivity index (χ3n) is 3.08. The van der Waals surface area contributed by atoms with E-state index in [1.54, 1.807) is 0 Å². The molecule has 2 rings (SSSR count). The van der Waals surface area contributed by atoms with Gasteiger partial charge in [0.05, 0.1) is 6.61 Å². The van der Waals surface area contributed by atoms with Crippen molar-refractivity contribution in [3.8, 4) is 11.1 Å². The first-order valence-electron chi connectivity index (χ1n) is 6.60. The van der Waals surface area contributed by atoms with Gasteiger partial charge in [-0.15, -0.1) is 0 Å². The van der Waals surface area contributed by atoms with Crippen molar-refractivity contribution in [1.29, 1.82) is 0 Å². The van der Waals surface area contributed by atoms with Gasteiger partial charge in [-0.2, -0.15) is 0 Å². The Labute approximate surface area is 114 Å². The Morgan fingerprint density at radius 2 is 1.68 bits per heavy atom. The van der Waals surface area contributed by atoms with Crippen molar-refractivity contribution < 1.29 is 9.53 Å². The molecule has 0 amide bonds. The van der Waals surface area contributed by atoms with E-state index in [1.807, 2.05) is 6.07 Å². The topological polar surface area (TPSA) is 26.3 Å². The van der Waals surface area contributed by atoms with E-state index in [9.17, 15) is 4.79 Å². The predicted molar refractivity (Wildman–Crippen MR) is 76.8 cm³/mol. The van der Waals surface area contributed by atoms with Gasteiger partial charge in [0.2, 0.25) is 0 Å². The molecule has 0 bridgehead atoms. The van der Waals surface area contributed by atoms with Gasteiger partial charge in [-0.25, -0.2) is 0 Å². The molecule has 0 fully saturated rings. The molecule has 0 aliphatic rings. The summed E-state index contributed by atoms with van der Waals surface area (Å²) in [4.78, 5) is 10.0. The van der Waals surface area contributed by atoms with Crippen LogP contribution in [0.2, 0.25) is 0 Å². The second-order valence-corrected chi connectivity index (χ2v) is 4.49. The largest absolute Gasteiger partial charge is 0.468 e. The monoisotopic (exact) mass is 254 g/mol. The standard InChI is InChI=1S/C17H18O2/c18-14-19-12-5-4-7-15-8-6-11-17(13-15)16-9-2-1-3-10-16/h1-3,6,8-11,13-14H,4-5,7,12H2. The van der Waals surface area contributed by atoms with Crippen LogP contribution in [0.25, 0.3) is 11.1 Å². The quantitative estimate of drug-likeness (QED) is 0.554. The van der Waals surface area contributed by atoms with Gasteiger partial charge < -0.3 is 4.74 Å². The number of hydrogen-bond donors (Lipinski definition) is 0. The van der Waals surface area contributed by atoms with E-state index in [4.69, 9.17) is 0 Å². The number of unbranched alkanes of at least 4 members (excludes halogenated alkanes) is 1. The summed E-state index contributed by atoms with van der Waals surface area (Å²) in [5.41, 5.74) is 3.82. The zero-order valence-corrected chi connectivity index (χ0v) is 10.9. The highest BCUT2D eigenvalue weighted by atomic mass is 16.5. The average Bonchev–Trinajstić information content (AvgIpc) is 2.48. The predicted octanol–water partition coefficient (Wildman–Crippen LogP) is 3.85. The van der Waals surface area contributed by atoms with E-state index in [1.165, 1.54) is 16.7 Å². The lowest BCUT2D eigenvalue weighted by Crippen LogP contribution is -1.93. The summed E-state index contributed by atoms with van der Waals surface area (Å²) in [5, 5.41) is 0. The van der Waals surface area contributed by atoms with Crippen LogP contribution in [0.4, 0.5) is 0 Å². The first kappa shape index (κ1) is 13.3. The molecule has 2 aromatic carbocycles. The molecule has 19 heavy (non-hydrogen) atoms. The third-order valence-corrected chi connectivity index (χ3v) is 3.08. The van der Waals surface area contributed by atoms with Crippen LogP contribution in [0, 0.1) is 0 Å². The van der Waals surface area contributed by atoms with Crippen LogP contribution >= 0.6 is 0 Å². The van der Waals surface area contributed by atoms with Gasteiger partial charge in [0, 0.05) is 0 Å². The van der Waals surface area contributed by atoms with Crippen molar-refractivity contribution in [2.75, 3.05) is 6.61 Å². The lowest BCUT2D eigenvalue weighted by atomic mass is 10.0. The molecular weight excluding hydrogens is 236 g/mol. The molecule has 2 nitrogen and oxygen atoms in total. The summed E-state index contributed by atoms with van der Waals surface area (Å²) in [7, 11) is 0. The van der Waals surface area contributed by atoms with E-state index in [0.717, 1.165) is 19.3 Å². The SMILES string of the molecule is O=COCCCCc1cccc(-c2ccccc2)c1. The minimum Gasteiger partial charge on any atom is -0.468 e. The third kappa shape index (κ3) is 4.25. The van der Waals surface area contributed by atoms with E-state index in [-0.39, 0.29) is 0 Å². The zero-order chi connectivity index (χ0) is 13.3. The lowest BCUT2D eigenvalue weighted by Gasteiger charge is -2.05. The van der Waals surface area contributed by atoms with Crippen LogP contribution in [0.15, 0.2) is 54.6 Å². The highest BCUT2D eigenvalue weighted by Gasteiger charge is 1.99. The molecule has 0 unspecified atom stereocenters. The molecule has 0 heterocycles. The molecule has 0 aromatic heterocycles. The Morgan fingerprint density at radius 3 is 2.47 bits per heavy atom. The Morgan fingerprint density at radius 1 is 0.895 bits per heavy atom. The Bertz CT molecular complexity index is 506. The van der Waals surface area contributed by atoms with Gasteiger partial charge in [-0.05, 0) is 36.0 Å². The van der Waals surface area contributed by atoms with Gasteiger partial charge in [0.25, 0.3) is 6.47 Å². The summed E-state index contributed by atoms with van der Waals surface area (Å²) in [5.74, 6) is 0. The molecule has 0 aliphatic heterocycles. The Kier molecular flexibility index (Phi) is 5.17. The van der Waals surface area contributed by atoms with Crippen LogP contribution < -0.4 is 0 Å². The van der Waals surface area contributed by atoms with Crippen LogP contribution in [0.1, 0.15) is 18.4 Å². The number of aryl methyl sites for hydroxylation is 1. The fourth-order valence-electron chi connectivity index (χ4n) is 2.10. The van der Waals surface area contributed by atoms with Crippen LogP contribution in [0.3, 0.4) is 0 Å². The lowest BCUT2D eigenvalue weighted by molar-refractivity contribution is -0.128. The van der Waals surface area contributed by atoms with E-state index in [0.29, 0.717) is 13.1 Å². The first-order valence-corrected chi connectivity index (χ1v) is 6.60. The van der Waals surface area contributed by atoms with Gasteiger partial charge in [0.15, 0.2) is 0 Å². The van der Waals surface area contributed by atoms with Crippen molar-refractivity contribution in [3.63, 3.8) is 0 Å². The number of ether oxygens (including phenoxy) is 1. The Hall–Kier alpha value is -2.09. The maximum absolute atomic E-state index is 10.0. The van der Waals surface area contributed by atoms with Crippen molar-refractivity contribution in [3.05, 3.63) is 60.2 Å². The minimum atomic E-state index is 0.510. The number of carbonyl (C=O) groups is 1. The molecule has 0 atom stereocenters. The summed E-state index contributed by atoms with van der Waals surface area (Å²) >= 11 is 0. The zero-order valence-electron chi connectivity index (χ0n) is 10.9. The van der Waals surface area contributed by atoms with Gasteiger partial charge in [-0.1, -0.05) is 54.6 Å². The number of carbonyl (C=O) groups excluding carboxylic acids is 1. The summed E-state index contributed by atoms with van der Waals surface area (Å²) < 4.78 is 4.68. The molecule has 0 aliphatic carbocycles. The summed E-state index contributed by atoms with van der Waals surface area (Å²) in [6, 6.07) is 19.0. The summed E-state index contributed by atoms with van der Waals surface area (Å²) in [6.07, 6.45) is 2.96. The molecule has 0 saturated heterocycles. The Balaban J connectivity index is 1.94. The van der Waals surface area contributed by atoms with E-state index in [2.05, 4.69) is 53.3 Å². The molecule has 0 saturated carbocycles. The number of hydrogen-bond acceptors (Lipinski definition) is 2. The second kappa shape index (κ2) is 7.37. The molecule has 0 spiro atoms. The summed E-state index contributed by atoms with van der Waals surface area (Å²) in [6.45, 7) is 1.03. The maximum atomic E-state index is 10.0. The number of rotatable bonds is 7.